The maximum absolute atomic E-state index is 12.5. The second-order valence-electron chi connectivity index (χ2n) is 6.31. The van der Waals surface area contributed by atoms with E-state index in [2.05, 4.69) is 5.32 Å². The van der Waals surface area contributed by atoms with Crippen molar-refractivity contribution in [2.24, 2.45) is 0 Å². The van der Waals surface area contributed by atoms with E-state index in [1.165, 1.54) is 0 Å². The van der Waals surface area contributed by atoms with E-state index in [4.69, 9.17) is 14.2 Å². The van der Waals surface area contributed by atoms with Gasteiger partial charge in [0.2, 0.25) is 0 Å². The number of hydrogen-bond donors (Lipinski definition) is 1. The van der Waals surface area contributed by atoms with Crippen molar-refractivity contribution in [2.45, 2.75) is 19.4 Å². The van der Waals surface area contributed by atoms with E-state index in [0.717, 1.165) is 28.0 Å². The van der Waals surface area contributed by atoms with Crippen molar-refractivity contribution in [3.8, 4) is 17.2 Å². The van der Waals surface area contributed by atoms with Crippen LogP contribution in [0.3, 0.4) is 0 Å². The Morgan fingerprint density at radius 3 is 2.43 bits per heavy atom. The molecular formula is C23H25NO4. The van der Waals surface area contributed by atoms with Gasteiger partial charge >= 0.3 is 0 Å². The van der Waals surface area contributed by atoms with Gasteiger partial charge in [-0.2, -0.15) is 0 Å². The second-order valence-corrected chi connectivity index (χ2v) is 6.31. The topological polar surface area (TPSA) is 56.8 Å². The first-order valence-electron chi connectivity index (χ1n) is 9.40. The molecule has 28 heavy (non-hydrogen) atoms. The summed E-state index contributed by atoms with van der Waals surface area (Å²) >= 11 is 0. The van der Waals surface area contributed by atoms with E-state index in [-0.39, 0.29) is 5.91 Å². The second kappa shape index (κ2) is 9.65. The van der Waals surface area contributed by atoms with E-state index in [9.17, 15) is 4.79 Å². The van der Waals surface area contributed by atoms with Gasteiger partial charge in [0.05, 0.1) is 13.7 Å². The highest BCUT2D eigenvalue weighted by Crippen LogP contribution is 2.26. The lowest BCUT2D eigenvalue weighted by Crippen LogP contribution is -2.39. The molecule has 5 nitrogen and oxygen atoms in total. The summed E-state index contributed by atoms with van der Waals surface area (Å²) in [4.78, 5) is 12.5. The third-order valence-electron chi connectivity index (χ3n) is 4.41. The molecule has 0 aliphatic carbocycles. The van der Waals surface area contributed by atoms with Crippen molar-refractivity contribution in [1.29, 1.82) is 0 Å². The van der Waals surface area contributed by atoms with Crippen molar-refractivity contribution < 1.29 is 19.0 Å². The molecule has 0 heterocycles. The third-order valence-corrected chi connectivity index (χ3v) is 4.41. The number of carbonyl (C=O) groups is 1. The average molecular weight is 379 g/mol. The van der Waals surface area contributed by atoms with Crippen LogP contribution >= 0.6 is 0 Å². The minimum absolute atomic E-state index is 0.145. The van der Waals surface area contributed by atoms with Crippen LogP contribution in [0.1, 0.15) is 13.3 Å². The molecule has 0 saturated carbocycles. The van der Waals surface area contributed by atoms with E-state index in [1.54, 1.807) is 7.11 Å². The van der Waals surface area contributed by atoms with Crippen LogP contribution in [-0.4, -0.2) is 32.3 Å². The van der Waals surface area contributed by atoms with Gasteiger partial charge in [-0.25, -0.2) is 0 Å². The fourth-order valence-corrected chi connectivity index (χ4v) is 2.90. The van der Waals surface area contributed by atoms with Gasteiger partial charge < -0.3 is 19.5 Å². The van der Waals surface area contributed by atoms with Gasteiger partial charge in [0.15, 0.2) is 6.10 Å². The number of rotatable bonds is 9. The average Bonchev–Trinajstić information content (AvgIpc) is 2.75. The first-order valence-corrected chi connectivity index (χ1v) is 9.40. The third kappa shape index (κ3) is 4.94. The quantitative estimate of drug-likeness (QED) is 0.566. The van der Waals surface area contributed by atoms with Crippen LogP contribution in [-0.2, 0) is 4.79 Å². The van der Waals surface area contributed by atoms with Crippen LogP contribution in [0.15, 0.2) is 66.7 Å². The molecule has 0 radical (unpaired) electrons. The van der Waals surface area contributed by atoms with Gasteiger partial charge in [-0.1, -0.05) is 43.3 Å². The number of ether oxygens (including phenoxy) is 3. The Morgan fingerprint density at radius 2 is 1.68 bits per heavy atom. The molecule has 0 saturated heterocycles. The maximum atomic E-state index is 12.5. The summed E-state index contributed by atoms with van der Waals surface area (Å²) in [5, 5.41) is 4.97. The molecular weight excluding hydrogens is 354 g/mol. The van der Waals surface area contributed by atoms with Gasteiger partial charge in [-0.15, -0.1) is 0 Å². The summed E-state index contributed by atoms with van der Waals surface area (Å²) in [6.07, 6.45) is 0.0285. The van der Waals surface area contributed by atoms with Crippen LogP contribution in [0, 0.1) is 0 Å². The van der Waals surface area contributed by atoms with Crippen LogP contribution in [0.25, 0.3) is 10.8 Å². The van der Waals surface area contributed by atoms with Crippen LogP contribution in [0.5, 0.6) is 17.2 Å². The summed E-state index contributed by atoms with van der Waals surface area (Å²) in [6.45, 7) is 2.71. The molecule has 0 bridgehead atoms. The fourth-order valence-electron chi connectivity index (χ4n) is 2.90. The number of methoxy groups -OCH3 is 1. The highest BCUT2D eigenvalue weighted by Gasteiger charge is 2.18. The van der Waals surface area contributed by atoms with Gasteiger partial charge in [-0.3, -0.25) is 4.79 Å². The van der Waals surface area contributed by atoms with Crippen molar-refractivity contribution in [2.75, 3.05) is 20.3 Å². The van der Waals surface area contributed by atoms with Crippen molar-refractivity contribution in [1.82, 2.24) is 5.32 Å². The molecule has 0 fully saturated rings. The molecule has 1 amide bonds. The summed E-state index contributed by atoms with van der Waals surface area (Å²) < 4.78 is 16.8. The highest BCUT2D eigenvalue weighted by molar-refractivity contribution is 5.89. The zero-order chi connectivity index (χ0) is 19.8. The predicted octanol–water partition coefficient (Wildman–Crippen LogP) is 4.20. The lowest BCUT2D eigenvalue weighted by molar-refractivity contribution is -0.128. The largest absolute Gasteiger partial charge is 0.497 e. The van der Waals surface area contributed by atoms with Gasteiger partial charge in [0.1, 0.15) is 23.9 Å². The first-order chi connectivity index (χ1) is 13.7. The Kier molecular flexibility index (Phi) is 6.73. The molecule has 1 unspecified atom stereocenters. The van der Waals surface area contributed by atoms with Crippen molar-refractivity contribution >= 4 is 16.7 Å². The molecule has 5 heteroatoms. The molecule has 0 aliphatic heterocycles. The highest BCUT2D eigenvalue weighted by atomic mass is 16.5. The lowest BCUT2D eigenvalue weighted by atomic mass is 10.1. The Hall–Kier alpha value is -3.21. The Morgan fingerprint density at radius 1 is 0.964 bits per heavy atom. The minimum atomic E-state index is -0.549. The van der Waals surface area contributed by atoms with Gasteiger partial charge in [-0.05, 0) is 42.1 Å². The minimum Gasteiger partial charge on any atom is -0.497 e. The van der Waals surface area contributed by atoms with E-state index >= 15 is 0 Å². The van der Waals surface area contributed by atoms with Crippen LogP contribution in [0.4, 0.5) is 0 Å². The summed E-state index contributed by atoms with van der Waals surface area (Å²) in [5.41, 5.74) is 0. The van der Waals surface area contributed by atoms with Crippen molar-refractivity contribution in [3.05, 3.63) is 66.7 Å². The summed E-state index contributed by atoms with van der Waals surface area (Å²) in [7, 11) is 1.62. The number of benzene rings is 3. The Labute approximate surface area is 165 Å². The summed E-state index contributed by atoms with van der Waals surface area (Å²) in [5.74, 6) is 2.08. The first kappa shape index (κ1) is 19.5. The van der Waals surface area contributed by atoms with Gasteiger partial charge in [0, 0.05) is 5.39 Å². The molecule has 0 aliphatic rings. The van der Waals surface area contributed by atoms with Crippen LogP contribution < -0.4 is 19.5 Å². The number of amides is 1. The molecule has 1 atom stereocenters. The van der Waals surface area contributed by atoms with Crippen molar-refractivity contribution in [3.63, 3.8) is 0 Å². The maximum Gasteiger partial charge on any atom is 0.261 e. The lowest BCUT2D eigenvalue weighted by Gasteiger charge is -2.18. The van der Waals surface area contributed by atoms with Crippen LogP contribution in [0.2, 0.25) is 0 Å². The number of nitrogens with one attached hydrogen (secondary N) is 1. The van der Waals surface area contributed by atoms with E-state index in [0.29, 0.717) is 19.6 Å². The monoisotopic (exact) mass is 379 g/mol. The zero-order valence-electron chi connectivity index (χ0n) is 16.2. The SMILES string of the molecule is CCC(Oc1cccc2ccccc12)C(=O)NCCOc1ccc(OC)cc1. The molecule has 146 valence electrons. The standard InChI is InChI=1S/C23H25NO4/c1-3-21(28-22-10-6-8-17-7-4-5-9-20(17)22)23(25)24-15-16-27-19-13-11-18(26-2)12-14-19/h4-14,21H,3,15-16H2,1-2H3,(H,24,25). The summed E-state index contributed by atoms with van der Waals surface area (Å²) in [6, 6.07) is 21.2. The fraction of sp³-hybridized carbons (Fsp3) is 0.261. The molecule has 3 aromatic carbocycles. The molecule has 0 spiro atoms. The number of hydrogen-bond acceptors (Lipinski definition) is 4. The molecule has 0 aromatic heterocycles. The smallest absolute Gasteiger partial charge is 0.261 e. The predicted molar refractivity (Wildman–Crippen MR) is 110 cm³/mol. The Balaban J connectivity index is 1.51. The van der Waals surface area contributed by atoms with E-state index < -0.39 is 6.10 Å². The number of fused-ring (bicyclic) bond motifs is 1. The number of carbonyl (C=O) groups excluding carboxylic acids is 1. The Bertz CT molecular complexity index is 903. The van der Waals surface area contributed by atoms with Gasteiger partial charge in [0.25, 0.3) is 5.91 Å². The molecule has 1 N–H and O–H groups in total. The molecule has 3 aromatic rings. The van der Waals surface area contributed by atoms with E-state index in [1.807, 2.05) is 73.7 Å². The molecule has 3 rings (SSSR count). The normalized spacial score (nSPS) is 11.6. The zero-order valence-corrected chi connectivity index (χ0v) is 16.2.